The molecular formula is C17H17N5OS2. The largest absolute Gasteiger partial charge is 0.548 e. The second-order valence-corrected chi connectivity index (χ2v) is 7.57. The van der Waals surface area contributed by atoms with E-state index in [0.717, 1.165) is 13.0 Å². The second-order valence-electron chi connectivity index (χ2n) is 5.60. The third kappa shape index (κ3) is 3.28. The summed E-state index contributed by atoms with van der Waals surface area (Å²) < 4.78 is 17.6. The fourth-order valence-electron chi connectivity index (χ4n) is 2.85. The van der Waals surface area contributed by atoms with Crippen molar-refractivity contribution in [3.8, 4) is 0 Å². The molecule has 0 saturated carbocycles. The molecule has 1 aliphatic rings. The number of aromatic nitrogens is 2. The number of H-pyrrole nitrogens is 1. The summed E-state index contributed by atoms with van der Waals surface area (Å²) in [4.78, 5) is 9.23. The topological polar surface area (TPSA) is 93.4 Å². The summed E-state index contributed by atoms with van der Waals surface area (Å²) in [5.74, 6) is 0.211. The maximum absolute atomic E-state index is 11.3. The second kappa shape index (κ2) is 6.91. The zero-order valence-corrected chi connectivity index (χ0v) is 15.0. The van der Waals surface area contributed by atoms with Crippen molar-refractivity contribution in [2.24, 2.45) is 4.99 Å². The molecular weight excluding hydrogens is 354 g/mol. The molecule has 8 heteroatoms. The molecule has 0 radical (unpaired) electrons. The smallest absolute Gasteiger partial charge is 0.229 e. The molecule has 0 amide bonds. The van der Waals surface area contributed by atoms with Gasteiger partial charge in [0, 0.05) is 27.3 Å². The lowest BCUT2D eigenvalue weighted by Crippen LogP contribution is -2.22. The van der Waals surface area contributed by atoms with Crippen LogP contribution in [0.1, 0.15) is 6.42 Å². The molecule has 2 heterocycles. The Balaban J connectivity index is 1.54. The summed E-state index contributed by atoms with van der Waals surface area (Å²) >= 11 is 0.318. The third-order valence-electron chi connectivity index (χ3n) is 3.95. The van der Waals surface area contributed by atoms with Crippen LogP contribution < -0.4 is 16.1 Å². The molecule has 3 aromatic rings. The first-order chi connectivity index (χ1) is 12.2. The predicted octanol–water partition coefficient (Wildman–Crippen LogP) is 3.31. The van der Waals surface area contributed by atoms with E-state index in [4.69, 9.17) is 5.73 Å². The highest BCUT2D eigenvalue weighted by Crippen LogP contribution is 2.47. The Kier molecular flexibility index (Phi) is 4.48. The SMILES string of the molecule is Nc1n[s+]([O-])[nH]c1=NCCCN1c2ccccc2Sc2ccccc21. The molecule has 25 heavy (non-hydrogen) atoms. The van der Waals surface area contributed by atoms with Gasteiger partial charge in [-0.3, -0.25) is 4.99 Å². The highest BCUT2D eigenvalue weighted by Gasteiger charge is 2.22. The van der Waals surface area contributed by atoms with Gasteiger partial charge in [-0.2, -0.15) is 0 Å². The van der Waals surface area contributed by atoms with E-state index in [1.54, 1.807) is 11.8 Å². The average Bonchev–Trinajstić information content (AvgIpc) is 2.95. The number of aromatic amines is 1. The summed E-state index contributed by atoms with van der Waals surface area (Å²) in [6.45, 7) is 1.43. The lowest BCUT2D eigenvalue weighted by molar-refractivity contribution is 0.584. The van der Waals surface area contributed by atoms with Crippen molar-refractivity contribution in [1.29, 1.82) is 0 Å². The molecule has 0 fully saturated rings. The Hall–Kier alpha value is -2.29. The Morgan fingerprint density at radius 2 is 1.76 bits per heavy atom. The maximum Gasteiger partial charge on any atom is 0.229 e. The normalized spacial score (nSPS) is 14.4. The minimum absolute atomic E-state index is 0.211. The molecule has 0 saturated heterocycles. The van der Waals surface area contributed by atoms with Gasteiger partial charge in [0.15, 0.2) is 11.1 Å². The third-order valence-corrected chi connectivity index (χ3v) is 5.81. The Morgan fingerprint density at radius 1 is 1.12 bits per heavy atom. The van der Waals surface area contributed by atoms with Crippen LogP contribution in [0.15, 0.2) is 63.3 Å². The number of hydrogen-bond donors (Lipinski definition) is 2. The molecule has 1 aromatic heterocycles. The zero-order chi connectivity index (χ0) is 17.2. The number of nitrogen functional groups attached to an aromatic ring is 1. The van der Waals surface area contributed by atoms with Crippen molar-refractivity contribution in [1.82, 2.24) is 8.75 Å². The van der Waals surface area contributed by atoms with Crippen molar-refractivity contribution >= 4 is 40.1 Å². The van der Waals surface area contributed by atoms with Crippen LogP contribution in [0.4, 0.5) is 17.2 Å². The number of fused-ring (bicyclic) bond motifs is 2. The van der Waals surface area contributed by atoms with Gasteiger partial charge >= 0.3 is 0 Å². The highest BCUT2D eigenvalue weighted by atomic mass is 32.2. The minimum atomic E-state index is -1.48. The summed E-state index contributed by atoms with van der Waals surface area (Å²) in [5, 5.41) is 0. The van der Waals surface area contributed by atoms with E-state index in [9.17, 15) is 4.55 Å². The van der Waals surface area contributed by atoms with Crippen LogP contribution in [0.3, 0.4) is 0 Å². The van der Waals surface area contributed by atoms with E-state index in [1.165, 1.54) is 21.2 Å². The minimum Gasteiger partial charge on any atom is -0.548 e. The van der Waals surface area contributed by atoms with Crippen molar-refractivity contribution in [2.75, 3.05) is 23.7 Å². The van der Waals surface area contributed by atoms with Crippen LogP contribution in [0, 0.1) is 0 Å². The maximum atomic E-state index is 11.3. The number of nitrogens with two attached hydrogens (primary N) is 1. The van der Waals surface area contributed by atoms with Crippen LogP contribution in [0.2, 0.25) is 0 Å². The van der Waals surface area contributed by atoms with Crippen LogP contribution in [0.5, 0.6) is 0 Å². The molecule has 1 unspecified atom stereocenters. The Labute approximate surface area is 152 Å². The van der Waals surface area contributed by atoms with Gasteiger partial charge < -0.3 is 15.2 Å². The van der Waals surface area contributed by atoms with Crippen molar-refractivity contribution in [3.05, 3.63) is 54.0 Å². The molecule has 1 atom stereocenters. The molecule has 4 rings (SSSR count). The Morgan fingerprint density at radius 3 is 2.36 bits per heavy atom. The highest BCUT2D eigenvalue weighted by molar-refractivity contribution is 7.99. The first-order valence-corrected chi connectivity index (χ1v) is 9.86. The van der Waals surface area contributed by atoms with Gasteiger partial charge in [-0.15, -0.1) is 4.37 Å². The van der Waals surface area contributed by atoms with Gasteiger partial charge in [0.2, 0.25) is 11.3 Å². The van der Waals surface area contributed by atoms with Crippen molar-refractivity contribution in [3.63, 3.8) is 0 Å². The number of benzene rings is 2. The molecule has 3 N–H and O–H groups in total. The fourth-order valence-corrected chi connectivity index (χ4v) is 4.59. The number of anilines is 3. The van der Waals surface area contributed by atoms with E-state index < -0.39 is 11.1 Å². The van der Waals surface area contributed by atoms with Crippen LogP contribution >= 0.6 is 22.9 Å². The molecule has 0 aliphatic carbocycles. The van der Waals surface area contributed by atoms with Gasteiger partial charge in [0.05, 0.1) is 11.4 Å². The lowest BCUT2D eigenvalue weighted by Gasteiger charge is -2.32. The summed E-state index contributed by atoms with van der Waals surface area (Å²) in [7, 11) is 0. The summed E-state index contributed by atoms with van der Waals surface area (Å²) in [6, 6.07) is 16.9. The first kappa shape index (κ1) is 16.2. The monoisotopic (exact) mass is 371 g/mol. The van der Waals surface area contributed by atoms with Crippen molar-refractivity contribution < 1.29 is 4.55 Å². The summed E-state index contributed by atoms with van der Waals surface area (Å²) in [5.41, 5.74) is 8.54. The van der Waals surface area contributed by atoms with Crippen LogP contribution in [0.25, 0.3) is 0 Å². The van der Waals surface area contributed by atoms with E-state index in [1.807, 2.05) is 0 Å². The predicted molar refractivity (Wildman–Crippen MR) is 101 cm³/mol. The van der Waals surface area contributed by atoms with Gasteiger partial charge in [-0.1, -0.05) is 36.0 Å². The molecule has 0 spiro atoms. The fraction of sp³-hybridized carbons (Fsp3) is 0.176. The van der Waals surface area contributed by atoms with Gasteiger partial charge in [-0.25, -0.2) is 0 Å². The van der Waals surface area contributed by atoms with Crippen LogP contribution in [-0.2, 0) is 0 Å². The molecule has 1 aliphatic heterocycles. The molecule has 6 nitrogen and oxygen atoms in total. The van der Waals surface area contributed by atoms with Gasteiger partial charge in [0.25, 0.3) is 0 Å². The number of nitrogens with one attached hydrogen (secondary N) is 1. The van der Waals surface area contributed by atoms with E-state index >= 15 is 0 Å². The first-order valence-electron chi connectivity index (χ1n) is 7.93. The van der Waals surface area contributed by atoms with E-state index in [-0.39, 0.29) is 5.82 Å². The van der Waals surface area contributed by atoms with Crippen LogP contribution in [-0.4, -0.2) is 26.4 Å². The van der Waals surface area contributed by atoms with Crippen molar-refractivity contribution in [2.45, 2.75) is 16.2 Å². The molecule has 2 aromatic carbocycles. The standard InChI is InChI=1S/C17H17N5OS2/c18-16-17(21-25(23)20-16)19-10-5-11-22-12-6-1-3-8-14(12)24-15-9-4-2-7-13(15)22/h1-4,6-9H,5,10-11H2,(H2,18,20)(H,19,21). The molecule has 128 valence electrons. The number of para-hydroxylation sites is 2. The van der Waals surface area contributed by atoms with E-state index in [2.05, 4.69) is 67.2 Å². The number of nitrogens with zero attached hydrogens (tertiary/aromatic N) is 3. The summed E-state index contributed by atoms with van der Waals surface area (Å²) in [6.07, 6.45) is 0.846. The Bertz CT molecular complexity index is 920. The number of hydrogen-bond acceptors (Lipinski definition) is 6. The lowest BCUT2D eigenvalue weighted by atomic mass is 10.2. The van der Waals surface area contributed by atoms with Gasteiger partial charge in [-0.05, 0) is 30.7 Å². The van der Waals surface area contributed by atoms with Gasteiger partial charge in [0.1, 0.15) is 0 Å². The quantitative estimate of drug-likeness (QED) is 0.542. The number of rotatable bonds is 4. The van der Waals surface area contributed by atoms with E-state index in [0.29, 0.717) is 12.0 Å². The zero-order valence-electron chi connectivity index (χ0n) is 13.4. The molecule has 0 bridgehead atoms. The average molecular weight is 371 g/mol.